The van der Waals surface area contributed by atoms with Crippen molar-refractivity contribution in [2.75, 3.05) is 49.5 Å². The quantitative estimate of drug-likeness (QED) is 0.559. The standard InChI is InChI=1S/C24H25FN4O4/c1-2-33-24(32)16-3-6-18(7-4-16)26-23(31)15-28-9-11-29(12-10-28)21-14-22(30)27-20-8-5-17(25)13-19(20)21/h3-8,13-14H,2,9-12,15H2,1H3,(H,26,31)(H,27,30). The molecule has 3 aromatic rings. The number of piperazine rings is 1. The molecule has 0 saturated carbocycles. The summed E-state index contributed by atoms with van der Waals surface area (Å²) in [4.78, 5) is 43.0. The van der Waals surface area contributed by atoms with Crippen LogP contribution in [0, 0.1) is 5.82 Å². The molecule has 0 aliphatic carbocycles. The van der Waals surface area contributed by atoms with E-state index in [4.69, 9.17) is 4.74 Å². The van der Waals surface area contributed by atoms with Gasteiger partial charge >= 0.3 is 5.97 Å². The highest BCUT2D eigenvalue weighted by Gasteiger charge is 2.21. The van der Waals surface area contributed by atoms with Gasteiger partial charge in [0.25, 0.3) is 0 Å². The molecule has 172 valence electrons. The average Bonchev–Trinajstić information content (AvgIpc) is 2.80. The van der Waals surface area contributed by atoms with Crippen LogP contribution in [0.3, 0.4) is 0 Å². The Labute approximate surface area is 190 Å². The average molecular weight is 452 g/mol. The molecule has 1 aliphatic rings. The fraction of sp³-hybridized carbons (Fsp3) is 0.292. The van der Waals surface area contributed by atoms with Crippen molar-refractivity contribution in [3.63, 3.8) is 0 Å². The van der Waals surface area contributed by atoms with Crippen LogP contribution < -0.4 is 15.8 Å². The maximum absolute atomic E-state index is 13.8. The molecule has 2 heterocycles. The maximum atomic E-state index is 13.8. The number of anilines is 2. The van der Waals surface area contributed by atoms with Gasteiger partial charge in [-0.2, -0.15) is 0 Å². The molecule has 2 aromatic carbocycles. The first-order valence-electron chi connectivity index (χ1n) is 10.8. The van der Waals surface area contributed by atoms with E-state index in [9.17, 15) is 18.8 Å². The Morgan fingerprint density at radius 2 is 1.79 bits per heavy atom. The topological polar surface area (TPSA) is 94.7 Å². The number of aromatic amines is 1. The van der Waals surface area contributed by atoms with Crippen LogP contribution >= 0.6 is 0 Å². The third kappa shape index (κ3) is 5.38. The van der Waals surface area contributed by atoms with E-state index in [-0.39, 0.29) is 23.8 Å². The number of rotatable bonds is 6. The van der Waals surface area contributed by atoms with Gasteiger partial charge in [0.2, 0.25) is 11.5 Å². The molecule has 0 bridgehead atoms. The van der Waals surface area contributed by atoms with Gasteiger partial charge in [0.05, 0.1) is 29.9 Å². The van der Waals surface area contributed by atoms with Crippen LogP contribution in [0.2, 0.25) is 0 Å². The van der Waals surface area contributed by atoms with Crippen LogP contribution in [0.15, 0.2) is 53.3 Å². The van der Waals surface area contributed by atoms with Crippen LogP contribution in [-0.4, -0.2) is 61.1 Å². The van der Waals surface area contributed by atoms with Crippen molar-refractivity contribution >= 4 is 34.2 Å². The number of hydrogen-bond acceptors (Lipinski definition) is 6. The van der Waals surface area contributed by atoms with E-state index in [1.807, 2.05) is 9.80 Å². The van der Waals surface area contributed by atoms with Crippen molar-refractivity contribution in [3.8, 4) is 0 Å². The molecule has 0 unspecified atom stereocenters. The lowest BCUT2D eigenvalue weighted by Crippen LogP contribution is -2.49. The fourth-order valence-electron chi connectivity index (χ4n) is 3.92. The third-order valence-electron chi connectivity index (χ3n) is 5.54. The summed E-state index contributed by atoms with van der Waals surface area (Å²) in [5.41, 5.74) is 2.08. The molecule has 1 saturated heterocycles. The zero-order valence-electron chi connectivity index (χ0n) is 18.3. The highest BCUT2D eigenvalue weighted by molar-refractivity contribution is 5.94. The van der Waals surface area contributed by atoms with Crippen molar-refractivity contribution in [1.82, 2.24) is 9.88 Å². The minimum atomic E-state index is -0.399. The van der Waals surface area contributed by atoms with Crippen LogP contribution in [0.1, 0.15) is 17.3 Å². The van der Waals surface area contributed by atoms with Crippen molar-refractivity contribution in [3.05, 3.63) is 70.3 Å². The normalized spacial score (nSPS) is 14.3. The SMILES string of the molecule is CCOC(=O)c1ccc(NC(=O)CN2CCN(c3cc(=O)[nH]c4ccc(F)cc34)CC2)cc1. The predicted molar refractivity (Wildman–Crippen MR) is 124 cm³/mol. The first kappa shape index (κ1) is 22.5. The molecule has 8 nitrogen and oxygen atoms in total. The molecule has 0 radical (unpaired) electrons. The van der Waals surface area contributed by atoms with E-state index in [1.165, 1.54) is 18.2 Å². The molecular weight excluding hydrogens is 427 g/mol. The van der Waals surface area contributed by atoms with Gasteiger partial charge < -0.3 is 19.9 Å². The number of carbonyl (C=O) groups excluding carboxylic acids is 2. The van der Waals surface area contributed by atoms with Crippen molar-refractivity contribution in [1.29, 1.82) is 0 Å². The van der Waals surface area contributed by atoms with Crippen molar-refractivity contribution in [2.45, 2.75) is 6.92 Å². The number of fused-ring (bicyclic) bond motifs is 1. The number of carbonyl (C=O) groups is 2. The van der Waals surface area contributed by atoms with E-state index >= 15 is 0 Å². The fourth-order valence-corrected chi connectivity index (χ4v) is 3.92. The van der Waals surface area contributed by atoms with E-state index in [2.05, 4.69) is 10.3 Å². The molecule has 1 aromatic heterocycles. The van der Waals surface area contributed by atoms with Gasteiger partial charge in [-0.05, 0) is 49.4 Å². The Bertz CT molecular complexity index is 1220. The number of ether oxygens (including phenoxy) is 1. The summed E-state index contributed by atoms with van der Waals surface area (Å²) in [6, 6.07) is 12.4. The lowest BCUT2D eigenvalue weighted by molar-refractivity contribution is -0.117. The highest BCUT2D eigenvalue weighted by atomic mass is 19.1. The molecule has 9 heteroatoms. The molecule has 4 rings (SSSR count). The molecule has 2 N–H and O–H groups in total. The summed E-state index contributed by atoms with van der Waals surface area (Å²) >= 11 is 0. The van der Waals surface area contributed by atoms with Gasteiger partial charge in [-0.15, -0.1) is 0 Å². The molecule has 1 fully saturated rings. The second kappa shape index (κ2) is 9.83. The lowest BCUT2D eigenvalue weighted by Gasteiger charge is -2.36. The Morgan fingerprint density at radius 1 is 1.06 bits per heavy atom. The molecule has 1 amide bonds. The molecule has 0 atom stereocenters. The van der Waals surface area contributed by atoms with Gasteiger partial charge in [0.1, 0.15) is 5.82 Å². The predicted octanol–water partition coefficient (Wildman–Crippen LogP) is 2.60. The Hall–Kier alpha value is -3.72. The second-order valence-electron chi connectivity index (χ2n) is 7.82. The molecule has 1 aliphatic heterocycles. The number of benzene rings is 2. The molecule has 0 spiro atoms. The van der Waals surface area contributed by atoms with Gasteiger partial charge in [0, 0.05) is 43.3 Å². The highest BCUT2D eigenvalue weighted by Crippen LogP contribution is 2.25. The van der Waals surface area contributed by atoms with Crippen molar-refractivity contribution in [2.24, 2.45) is 0 Å². The van der Waals surface area contributed by atoms with Crippen LogP contribution in [-0.2, 0) is 9.53 Å². The molecule has 33 heavy (non-hydrogen) atoms. The number of aromatic nitrogens is 1. The summed E-state index contributed by atoms with van der Waals surface area (Å²) in [5, 5.41) is 3.49. The summed E-state index contributed by atoms with van der Waals surface area (Å²) < 4.78 is 18.7. The summed E-state index contributed by atoms with van der Waals surface area (Å²) in [6.07, 6.45) is 0. The number of nitrogens with one attached hydrogen (secondary N) is 2. The van der Waals surface area contributed by atoms with E-state index in [0.717, 1.165) is 0 Å². The first-order chi connectivity index (χ1) is 15.9. The maximum Gasteiger partial charge on any atom is 0.338 e. The summed E-state index contributed by atoms with van der Waals surface area (Å²) in [7, 11) is 0. The second-order valence-corrected chi connectivity index (χ2v) is 7.82. The van der Waals surface area contributed by atoms with E-state index in [0.29, 0.717) is 60.6 Å². The number of pyridine rings is 1. The zero-order chi connectivity index (χ0) is 23.4. The van der Waals surface area contributed by atoms with E-state index in [1.54, 1.807) is 37.3 Å². The third-order valence-corrected chi connectivity index (χ3v) is 5.54. The smallest absolute Gasteiger partial charge is 0.338 e. The van der Waals surface area contributed by atoms with Crippen LogP contribution in [0.4, 0.5) is 15.8 Å². The molecular formula is C24H25FN4O4. The summed E-state index contributed by atoms with van der Waals surface area (Å²) in [5.74, 6) is -0.915. The Morgan fingerprint density at radius 3 is 2.48 bits per heavy atom. The van der Waals surface area contributed by atoms with Gasteiger partial charge in [0.15, 0.2) is 0 Å². The first-order valence-corrected chi connectivity index (χ1v) is 10.8. The number of esters is 1. The lowest BCUT2D eigenvalue weighted by atomic mass is 10.1. The minimum absolute atomic E-state index is 0.156. The Kier molecular flexibility index (Phi) is 6.69. The van der Waals surface area contributed by atoms with Crippen LogP contribution in [0.5, 0.6) is 0 Å². The van der Waals surface area contributed by atoms with Gasteiger partial charge in [-0.3, -0.25) is 14.5 Å². The minimum Gasteiger partial charge on any atom is -0.462 e. The number of H-pyrrole nitrogens is 1. The van der Waals surface area contributed by atoms with Gasteiger partial charge in [-0.25, -0.2) is 9.18 Å². The number of amides is 1. The van der Waals surface area contributed by atoms with E-state index < -0.39 is 5.97 Å². The largest absolute Gasteiger partial charge is 0.462 e. The van der Waals surface area contributed by atoms with Crippen molar-refractivity contribution < 1.29 is 18.7 Å². The zero-order valence-corrected chi connectivity index (χ0v) is 18.3. The number of halogens is 1. The monoisotopic (exact) mass is 452 g/mol. The van der Waals surface area contributed by atoms with Crippen LogP contribution in [0.25, 0.3) is 10.9 Å². The number of nitrogens with zero attached hydrogens (tertiary/aromatic N) is 2. The number of hydrogen-bond donors (Lipinski definition) is 2. The van der Waals surface area contributed by atoms with Gasteiger partial charge in [-0.1, -0.05) is 0 Å². The summed E-state index contributed by atoms with van der Waals surface area (Å²) in [6.45, 7) is 4.73. The Balaban J connectivity index is 1.34.